The summed E-state index contributed by atoms with van der Waals surface area (Å²) >= 11 is 6.10. The normalized spacial score (nSPS) is 22.4. The highest BCUT2D eigenvalue weighted by molar-refractivity contribution is 6.30. The van der Waals surface area contributed by atoms with Gasteiger partial charge in [-0.25, -0.2) is 0 Å². The molecule has 0 saturated carbocycles. The Morgan fingerprint density at radius 1 is 1.10 bits per heavy atom. The summed E-state index contributed by atoms with van der Waals surface area (Å²) in [5, 5.41) is 9.02. The van der Waals surface area contributed by atoms with E-state index in [4.69, 9.17) is 22.1 Å². The number of ether oxygens (including phenoxy) is 1. The van der Waals surface area contributed by atoms with E-state index in [2.05, 4.69) is 43.2 Å². The molecular weight excluding hydrogens is 412 g/mol. The number of benzene rings is 1. The third-order valence-corrected chi connectivity index (χ3v) is 6.69. The van der Waals surface area contributed by atoms with Gasteiger partial charge in [-0.3, -0.25) is 9.88 Å². The number of nitrogens with zero attached hydrogens (tertiary/aromatic N) is 5. The Morgan fingerprint density at radius 2 is 1.90 bits per heavy atom. The monoisotopic (exact) mass is 438 g/mol. The maximum atomic E-state index is 6.20. The fourth-order valence-corrected chi connectivity index (χ4v) is 4.88. The summed E-state index contributed by atoms with van der Waals surface area (Å²) in [5.74, 6) is 2.51. The maximum absolute atomic E-state index is 6.20. The van der Waals surface area contributed by atoms with Crippen LogP contribution in [0.2, 0.25) is 5.02 Å². The van der Waals surface area contributed by atoms with E-state index in [0.717, 1.165) is 55.5 Å². The molecule has 31 heavy (non-hydrogen) atoms. The number of pyridine rings is 1. The van der Waals surface area contributed by atoms with Crippen LogP contribution in [0.5, 0.6) is 5.75 Å². The van der Waals surface area contributed by atoms with Crippen LogP contribution in [-0.4, -0.2) is 58.2 Å². The zero-order valence-corrected chi connectivity index (χ0v) is 18.2. The number of aromatic nitrogens is 1. The molecule has 162 valence electrons. The Kier molecular flexibility index (Phi) is 5.78. The first kappa shape index (κ1) is 20.3. The Balaban J connectivity index is 1.33. The zero-order valence-electron chi connectivity index (χ0n) is 17.5. The summed E-state index contributed by atoms with van der Waals surface area (Å²) < 4.78 is 6.20. The molecule has 0 spiro atoms. The van der Waals surface area contributed by atoms with E-state index in [1.54, 1.807) is 0 Å². The summed E-state index contributed by atoms with van der Waals surface area (Å²) in [6.07, 6.45) is 7.44. The molecule has 2 N–H and O–H groups in total. The van der Waals surface area contributed by atoms with Crippen LogP contribution in [0, 0.1) is 0 Å². The summed E-state index contributed by atoms with van der Waals surface area (Å²) in [7, 11) is 0. The molecule has 1 saturated heterocycles. The van der Waals surface area contributed by atoms with Crippen molar-refractivity contribution < 1.29 is 4.74 Å². The summed E-state index contributed by atoms with van der Waals surface area (Å²) in [4.78, 5) is 9.23. The molecule has 3 aliphatic heterocycles. The van der Waals surface area contributed by atoms with Crippen molar-refractivity contribution in [2.75, 3.05) is 19.7 Å². The highest BCUT2D eigenvalue weighted by Gasteiger charge is 2.34. The van der Waals surface area contributed by atoms with Crippen molar-refractivity contribution in [3.05, 3.63) is 58.9 Å². The predicted molar refractivity (Wildman–Crippen MR) is 122 cm³/mol. The van der Waals surface area contributed by atoms with Gasteiger partial charge in [-0.1, -0.05) is 23.7 Å². The number of piperidine rings is 1. The van der Waals surface area contributed by atoms with Crippen molar-refractivity contribution in [1.29, 1.82) is 0 Å². The molecule has 8 heteroatoms. The topological polar surface area (TPSA) is 79.3 Å². The SMILES string of the molecule is NC1=NN=C(N2CCC(N3Cc4ccncc4OCC3Cc3ccc(Cl)cc3)CC2)C1. The molecule has 0 aliphatic carbocycles. The van der Waals surface area contributed by atoms with Crippen LogP contribution in [0.1, 0.15) is 30.4 Å². The first-order chi connectivity index (χ1) is 15.2. The fraction of sp³-hybridized carbons (Fsp3) is 0.435. The van der Waals surface area contributed by atoms with Crippen molar-refractivity contribution >= 4 is 23.3 Å². The van der Waals surface area contributed by atoms with E-state index >= 15 is 0 Å². The molecule has 2 aromatic rings. The Labute approximate surface area is 187 Å². The van der Waals surface area contributed by atoms with Crippen LogP contribution < -0.4 is 10.5 Å². The minimum atomic E-state index is 0.285. The second kappa shape index (κ2) is 8.85. The third-order valence-electron chi connectivity index (χ3n) is 6.44. The van der Waals surface area contributed by atoms with Crippen LogP contribution in [0.15, 0.2) is 52.9 Å². The van der Waals surface area contributed by atoms with Gasteiger partial charge in [0.05, 0.1) is 12.6 Å². The van der Waals surface area contributed by atoms with Crippen molar-refractivity contribution in [3.8, 4) is 5.75 Å². The van der Waals surface area contributed by atoms with Crippen LogP contribution in [0.25, 0.3) is 0 Å². The van der Waals surface area contributed by atoms with Gasteiger partial charge in [0, 0.05) is 48.5 Å². The molecule has 0 amide bonds. The van der Waals surface area contributed by atoms with E-state index in [1.165, 1.54) is 11.1 Å². The van der Waals surface area contributed by atoms with Crippen molar-refractivity contribution in [3.63, 3.8) is 0 Å². The first-order valence-electron chi connectivity index (χ1n) is 10.9. The standard InChI is InChI=1S/C23H27ClN6O/c24-18-3-1-16(2-4-18)11-20-15-31-21-13-26-8-5-17(21)14-30(20)19-6-9-29(10-7-19)23-12-22(25)27-28-23/h1-5,8,13,19-20H,6-7,9-12,14-15H2,(H2,25,27). The van der Waals surface area contributed by atoms with Crippen molar-refractivity contribution in [2.24, 2.45) is 15.9 Å². The second-order valence-corrected chi connectivity index (χ2v) is 8.89. The zero-order chi connectivity index (χ0) is 21.2. The van der Waals surface area contributed by atoms with Gasteiger partial charge < -0.3 is 15.4 Å². The van der Waals surface area contributed by atoms with Crippen LogP contribution in [0.3, 0.4) is 0 Å². The second-order valence-electron chi connectivity index (χ2n) is 8.45. The smallest absolute Gasteiger partial charge is 0.142 e. The van der Waals surface area contributed by atoms with Gasteiger partial charge in [-0.05, 0) is 43.0 Å². The first-order valence-corrected chi connectivity index (χ1v) is 11.2. The number of halogens is 1. The van der Waals surface area contributed by atoms with Gasteiger partial charge in [0.15, 0.2) is 0 Å². The minimum absolute atomic E-state index is 0.285. The van der Waals surface area contributed by atoms with Crippen LogP contribution in [-0.2, 0) is 13.0 Å². The number of hydrogen-bond acceptors (Lipinski definition) is 7. The Hall–Kier alpha value is -2.64. The van der Waals surface area contributed by atoms with Gasteiger partial charge in [-0.15, -0.1) is 10.2 Å². The van der Waals surface area contributed by atoms with Gasteiger partial charge in [0.2, 0.25) is 0 Å². The number of nitrogens with two attached hydrogens (primary N) is 1. The molecule has 1 unspecified atom stereocenters. The highest BCUT2D eigenvalue weighted by atomic mass is 35.5. The lowest BCUT2D eigenvalue weighted by Gasteiger charge is -2.42. The highest BCUT2D eigenvalue weighted by Crippen LogP contribution is 2.30. The number of likely N-dealkylation sites (tertiary alicyclic amines) is 1. The fourth-order valence-electron chi connectivity index (χ4n) is 4.76. The lowest BCUT2D eigenvalue weighted by Crippen LogP contribution is -2.51. The molecule has 1 aromatic heterocycles. The number of hydrogen-bond donors (Lipinski definition) is 1. The molecule has 7 nitrogen and oxygen atoms in total. The maximum Gasteiger partial charge on any atom is 0.142 e. The lowest BCUT2D eigenvalue weighted by atomic mass is 9.97. The Morgan fingerprint density at radius 3 is 2.65 bits per heavy atom. The van der Waals surface area contributed by atoms with E-state index < -0.39 is 0 Å². The molecule has 1 fully saturated rings. The molecule has 5 rings (SSSR count). The van der Waals surface area contributed by atoms with Crippen molar-refractivity contribution in [2.45, 2.75) is 44.3 Å². The molecule has 4 heterocycles. The quantitative estimate of drug-likeness (QED) is 0.796. The summed E-state index contributed by atoms with van der Waals surface area (Å²) in [6.45, 7) is 3.47. The van der Waals surface area contributed by atoms with E-state index in [1.807, 2.05) is 24.5 Å². The van der Waals surface area contributed by atoms with Gasteiger partial charge in [-0.2, -0.15) is 0 Å². The number of amidine groups is 2. The predicted octanol–water partition coefficient (Wildman–Crippen LogP) is 3.08. The average Bonchev–Trinajstić information content (AvgIpc) is 3.15. The van der Waals surface area contributed by atoms with E-state index in [0.29, 0.717) is 24.9 Å². The summed E-state index contributed by atoms with van der Waals surface area (Å²) in [6, 6.07) is 11.0. The molecular formula is C23H27ClN6O. The molecule has 3 aliphatic rings. The molecule has 1 aromatic carbocycles. The van der Waals surface area contributed by atoms with Gasteiger partial charge >= 0.3 is 0 Å². The van der Waals surface area contributed by atoms with E-state index in [9.17, 15) is 0 Å². The van der Waals surface area contributed by atoms with Crippen LogP contribution >= 0.6 is 11.6 Å². The number of fused-ring (bicyclic) bond motifs is 1. The molecule has 0 bridgehead atoms. The Bertz CT molecular complexity index is 984. The van der Waals surface area contributed by atoms with Crippen LogP contribution in [0.4, 0.5) is 0 Å². The van der Waals surface area contributed by atoms with Gasteiger partial charge in [0.25, 0.3) is 0 Å². The third kappa shape index (κ3) is 4.52. The van der Waals surface area contributed by atoms with Crippen molar-refractivity contribution in [1.82, 2.24) is 14.8 Å². The number of rotatable bonds is 3. The lowest BCUT2D eigenvalue weighted by molar-refractivity contribution is 0.0670. The molecule has 0 radical (unpaired) electrons. The van der Waals surface area contributed by atoms with Gasteiger partial charge in [0.1, 0.15) is 24.0 Å². The minimum Gasteiger partial charge on any atom is -0.490 e. The van der Waals surface area contributed by atoms with E-state index in [-0.39, 0.29) is 6.04 Å². The summed E-state index contributed by atoms with van der Waals surface area (Å²) in [5.41, 5.74) is 8.29. The largest absolute Gasteiger partial charge is 0.490 e. The average molecular weight is 439 g/mol. The molecule has 1 atom stereocenters.